The summed E-state index contributed by atoms with van der Waals surface area (Å²) in [7, 11) is 0. The summed E-state index contributed by atoms with van der Waals surface area (Å²) in [5, 5.41) is 4.63. The topological polar surface area (TPSA) is 79.9 Å². The molecular formula is C24H24N4O2. The van der Waals surface area contributed by atoms with Crippen LogP contribution in [0.15, 0.2) is 71.9 Å². The number of nitrogens with one attached hydrogen (secondary N) is 2. The molecule has 152 valence electrons. The van der Waals surface area contributed by atoms with Gasteiger partial charge in [0.05, 0.1) is 23.4 Å². The molecule has 0 radical (unpaired) electrons. The minimum absolute atomic E-state index is 0.196. The van der Waals surface area contributed by atoms with E-state index in [4.69, 9.17) is 9.72 Å². The molecule has 6 heteroatoms. The average molecular weight is 400 g/mol. The van der Waals surface area contributed by atoms with Gasteiger partial charge in [0.15, 0.2) is 0 Å². The number of benzene rings is 1. The molecule has 0 bridgehead atoms. The van der Waals surface area contributed by atoms with Crippen LogP contribution < -0.4 is 15.6 Å². The first-order valence-electron chi connectivity index (χ1n) is 10.0. The van der Waals surface area contributed by atoms with Crippen LogP contribution in [0.4, 0.5) is 11.5 Å². The first kappa shape index (κ1) is 19.6. The molecule has 2 N–H and O–H groups in total. The monoisotopic (exact) mass is 400 g/mol. The lowest BCUT2D eigenvalue weighted by Crippen LogP contribution is -2.10. The molecule has 0 saturated carbocycles. The van der Waals surface area contributed by atoms with Crippen LogP contribution in [-0.2, 0) is 0 Å². The van der Waals surface area contributed by atoms with Gasteiger partial charge in [0.1, 0.15) is 11.6 Å². The Balaban J connectivity index is 1.77. The Hall–Kier alpha value is -3.67. The van der Waals surface area contributed by atoms with E-state index in [9.17, 15) is 4.79 Å². The normalized spacial score (nSPS) is 11.0. The molecule has 0 spiro atoms. The molecule has 0 saturated heterocycles. The van der Waals surface area contributed by atoms with Crippen molar-refractivity contribution < 1.29 is 4.74 Å². The van der Waals surface area contributed by atoms with Crippen LogP contribution in [0, 0.1) is 5.92 Å². The summed E-state index contributed by atoms with van der Waals surface area (Å²) in [4.78, 5) is 24.3. The van der Waals surface area contributed by atoms with Gasteiger partial charge in [-0.1, -0.05) is 26.0 Å². The number of hydrogen-bond acceptors (Lipinski definition) is 5. The van der Waals surface area contributed by atoms with E-state index in [2.05, 4.69) is 29.1 Å². The van der Waals surface area contributed by atoms with Crippen molar-refractivity contribution in [1.29, 1.82) is 0 Å². The SMILES string of the molecule is CC(C)CCOc1ccccc1Nc1nc(-c2cccnc2)cc2cc[nH]c(=O)c12. The third-order valence-corrected chi connectivity index (χ3v) is 4.80. The number of para-hydroxylation sites is 2. The molecule has 3 heterocycles. The number of fused-ring (bicyclic) bond motifs is 1. The van der Waals surface area contributed by atoms with Gasteiger partial charge in [0.25, 0.3) is 5.56 Å². The predicted molar refractivity (Wildman–Crippen MR) is 120 cm³/mol. The standard InChI is InChI=1S/C24H24N4O2/c1-16(2)10-13-30-21-8-4-3-7-19(21)27-23-22-17(9-12-26-24(22)29)14-20(28-23)18-6-5-11-25-15-18/h3-9,11-12,14-16H,10,13H2,1-2H3,(H,26,29)(H,27,28). The first-order valence-corrected chi connectivity index (χ1v) is 10.0. The number of H-pyrrole nitrogens is 1. The number of ether oxygens (including phenoxy) is 1. The number of aromatic nitrogens is 3. The largest absolute Gasteiger partial charge is 0.491 e. The number of aromatic amines is 1. The molecular weight excluding hydrogens is 376 g/mol. The maximum absolute atomic E-state index is 12.6. The Morgan fingerprint density at radius 1 is 1.13 bits per heavy atom. The summed E-state index contributed by atoms with van der Waals surface area (Å²) in [5.74, 6) is 1.77. The zero-order valence-corrected chi connectivity index (χ0v) is 17.1. The fraction of sp³-hybridized carbons (Fsp3) is 0.208. The first-order chi connectivity index (χ1) is 14.6. The molecule has 3 aromatic heterocycles. The van der Waals surface area contributed by atoms with E-state index in [-0.39, 0.29) is 5.56 Å². The molecule has 1 aromatic carbocycles. The Morgan fingerprint density at radius 3 is 2.80 bits per heavy atom. The third kappa shape index (κ3) is 4.33. The Labute approximate surface area is 175 Å². The summed E-state index contributed by atoms with van der Waals surface area (Å²) in [6.07, 6.45) is 6.09. The quantitative estimate of drug-likeness (QED) is 0.448. The highest BCUT2D eigenvalue weighted by Gasteiger charge is 2.13. The molecule has 0 aliphatic carbocycles. The highest BCUT2D eigenvalue weighted by molar-refractivity contribution is 5.95. The molecule has 0 aliphatic rings. The van der Waals surface area contributed by atoms with Crippen molar-refractivity contribution >= 4 is 22.3 Å². The molecule has 6 nitrogen and oxygen atoms in total. The summed E-state index contributed by atoms with van der Waals surface area (Å²) >= 11 is 0. The van der Waals surface area contributed by atoms with Gasteiger partial charge in [0.2, 0.25) is 0 Å². The minimum Gasteiger partial charge on any atom is -0.491 e. The van der Waals surface area contributed by atoms with Gasteiger partial charge < -0.3 is 15.0 Å². The Kier molecular flexibility index (Phi) is 5.75. The highest BCUT2D eigenvalue weighted by Crippen LogP contribution is 2.31. The van der Waals surface area contributed by atoms with E-state index in [0.717, 1.165) is 34.5 Å². The van der Waals surface area contributed by atoms with Crippen LogP contribution in [0.1, 0.15) is 20.3 Å². The van der Waals surface area contributed by atoms with E-state index in [1.54, 1.807) is 18.6 Å². The fourth-order valence-corrected chi connectivity index (χ4v) is 3.19. The van der Waals surface area contributed by atoms with Crippen molar-refractivity contribution in [3.8, 4) is 17.0 Å². The number of pyridine rings is 3. The van der Waals surface area contributed by atoms with Gasteiger partial charge in [-0.05, 0) is 54.1 Å². The molecule has 0 unspecified atom stereocenters. The van der Waals surface area contributed by atoms with Crippen molar-refractivity contribution in [2.75, 3.05) is 11.9 Å². The van der Waals surface area contributed by atoms with Crippen LogP contribution in [0.5, 0.6) is 5.75 Å². The summed E-state index contributed by atoms with van der Waals surface area (Å²) in [6, 6.07) is 15.3. The van der Waals surface area contributed by atoms with Gasteiger partial charge in [-0.3, -0.25) is 9.78 Å². The van der Waals surface area contributed by atoms with Crippen LogP contribution >= 0.6 is 0 Å². The summed E-state index contributed by atoms with van der Waals surface area (Å²) in [5.41, 5.74) is 2.19. The molecule has 0 atom stereocenters. The van der Waals surface area contributed by atoms with Gasteiger partial charge in [-0.2, -0.15) is 0 Å². The van der Waals surface area contributed by atoms with Crippen molar-refractivity contribution in [1.82, 2.24) is 15.0 Å². The maximum atomic E-state index is 12.6. The van der Waals surface area contributed by atoms with Gasteiger partial charge in [-0.15, -0.1) is 0 Å². The van der Waals surface area contributed by atoms with E-state index < -0.39 is 0 Å². The lowest BCUT2D eigenvalue weighted by molar-refractivity contribution is 0.291. The zero-order valence-electron chi connectivity index (χ0n) is 17.1. The molecule has 0 fully saturated rings. The fourth-order valence-electron chi connectivity index (χ4n) is 3.19. The van der Waals surface area contributed by atoms with E-state index in [0.29, 0.717) is 23.7 Å². The summed E-state index contributed by atoms with van der Waals surface area (Å²) < 4.78 is 5.99. The maximum Gasteiger partial charge on any atom is 0.259 e. The van der Waals surface area contributed by atoms with Crippen molar-refractivity contribution in [2.24, 2.45) is 5.92 Å². The van der Waals surface area contributed by atoms with Crippen LogP contribution in [0.3, 0.4) is 0 Å². The lowest BCUT2D eigenvalue weighted by atomic mass is 10.1. The van der Waals surface area contributed by atoms with Crippen molar-refractivity contribution in [2.45, 2.75) is 20.3 Å². The second-order valence-electron chi connectivity index (χ2n) is 7.52. The Bertz CT molecular complexity index is 1200. The predicted octanol–water partition coefficient (Wildman–Crippen LogP) is 5.15. The Morgan fingerprint density at radius 2 is 2.00 bits per heavy atom. The zero-order chi connectivity index (χ0) is 20.9. The number of nitrogens with zero attached hydrogens (tertiary/aromatic N) is 2. The third-order valence-electron chi connectivity index (χ3n) is 4.80. The second-order valence-corrected chi connectivity index (χ2v) is 7.52. The van der Waals surface area contributed by atoms with Crippen molar-refractivity contribution in [3.63, 3.8) is 0 Å². The lowest BCUT2D eigenvalue weighted by Gasteiger charge is -2.15. The number of rotatable bonds is 7. The smallest absolute Gasteiger partial charge is 0.259 e. The van der Waals surface area contributed by atoms with Crippen molar-refractivity contribution in [3.05, 3.63) is 77.5 Å². The number of anilines is 2. The van der Waals surface area contributed by atoms with Gasteiger partial charge >= 0.3 is 0 Å². The van der Waals surface area contributed by atoms with E-state index in [1.165, 1.54) is 0 Å². The average Bonchev–Trinajstić information content (AvgIpc) is 2.75. The highest BCUT2D eigenvalue weighted by atomic mass is 16.5. The molecule has 0 amide bonds. The molecule has 30 heavy (non-hydrogen) atoms. The molecule has 0 aliphatic heterocycles. The van der Waals surface area contributed by atoms with Crippen LogP contribution in [0.25, 0.3) is 22.0 Å². The van der Waals surface area contributed by atoms with Gasteiger partial charge in [0, 0.05) is 24.2 Å². The molecule has 4 rings (SSSR count). The van der Waals surface area contributed by atoms with E-state index in [1.807, 2.05) is 48.5 Å². The second kappa shape index (κ2) is 8.78. The summed E-state index contributed by atoms with van der Waals surface area (Å²) in [6.45, 7) is 4.96. The number of hydrogen-bond donors (Lipinski definition) is 2. The van der Waals surface area contributed by atoms with Crippen LogP contribution in [0.2, 0.25) is 0 Å². The van der Waals surface area contributed by atoms with Gasteiger partial charge in [-0.25, -0.2) is 4.98 Å². The van der Waals surface area contributed by atoms with E-state index >= 15 is 0 Å². The minimum atomic E-state index is -0.196. The van der Waals surface area contributed by atoms with Crippen LogP contribution in [-0.4, -0.2) is 21.6 Å². The molecule has 4 aromatic rings.